The van der Waals surface area contributed by atoms with Crippen LogP contribution in [0.3, 0.4) is 0 Å². The maximum Gasteiger partial charge on any atom is 0.418 e. The van der Waals surface area contributed by atoms with Crippen LogP contribution in [0.5, 0.6) is 5.75 Å². The Bertz CT molecular complexity index is 1500. The number of hydrogen-bond donors (Lipinski definition) is 2. The average molecular weight is 516 g/mol. The first-order valence-corrected chi connectivity index (χ1v) is 11.4. The number of nitrogens with zero attached hydrogens (tertiary/aromatic N) is 5. The highest BCUT2D eigenvalue weighted by molar-refractivity contribution is 6.36. The first-order valence-electron chi connectivity index (χ1n) is 11.0. The van der Waals surface area contributed by atoms with E-state index in [9.17, 15) is 13.2 Å². The van der Waals surface area contributed by atoms with Gasteiger partial charge in [0.05, 0.1) is 39.8 Å². The van der Waals surface area contributed by atoms with Gasteiger partial charge in [0.2, 0.25) is 0 Å². The van der Waals surface area contributed by atoms with Gasteiger partial charge < -0.3 is 21.1 Å². The summed E-state index contributed by atoms with van der Waals surface area (Å²) in [6.07, 6.45) is -1.72. The lowest BCUT2D eigenvalue weighted by molar-refractivity contribution is -0.137. The number of benzene rings is 1. The molecule has 0 aliphatic carbocycles. The summed E-state index contributed by atoms with van der Waals surface area (Å²) in [5.41, 5.74) is 11.7. The molecule has 0 amide bonds. The Balaban J connectivity index is 1.75. The van der Waals surface area contributed by atoms with Crippen LogP contribution in [0, 0.1) is 6.92 Å². The van der Waals surface area contributed by atoms with Crippen molar-refractivity contribution in [3.63, 3.8) is 0 Å². The van der Waals surface area contributed by atoms with E-state index in [1.54, 1.807) is 12.3 Å². The van der Waals surface area contributed by atoms with Crippen molar-refractivity contribution in [3.8, 4) is 17.0 Å². The van der Waals surface area contributed by atoms with Crippen molar-refractivity contribution in [2.24, 2.45) is 0 Å². The number of aromatic nitrogens is 4. The summed E-state index contributed by atoms with van der Waals surface area (Å²) in [5.74, 6) is 1.03. The Morgan fingerprint density at radius 2 is 1.94 bits per heavy atom. The lowest BCUT2D eigenvalue weighted by atomic mass is 9.99. The van der Waals surface area contributed by atoms with Crippen LogP contribution in [-0.4, -0.2) is 33.1 Å². The van der Waals surface area contributed by atoms with E-state index < -0.39 is 11.7 Å². The second-order valence-electron chi connectivity index (χ2n) is 8.44. The van der Waals surface area contributed by atoms with Crippen LogP contribution in [0.1, 0.15) is 29.7 Å². The molecule has 0 spiro atoms. The van der Waals surface area contributed by atoms with Gasteiger partial charge in [-0.2, -0.15) is 13.2 Å². The molecule has 3 aromatic heterocycles. The van der Waals surface area contributed by atoms with E-state index in [0.717, 1.165) is 5.56 Å². The standard InChI is InChI=1S/C24H21ClF3N7O/c1-11-8-16(29)34-20(18(11)24(26,27)28)14-9-15-17-21(19(14)25)36-7-6-35(23(17)33-10-32-15)12(2)13-4-3-5-31-22(13)30/h3-5,8-10,12H,6-7H2,1-2H3,(H2,29,34)(H2,30,31)/t12-/m1/s1. The molecule has 1 aliphatic rings. The first kappa shape index (κ1) is 23.9. The Morgan fingerprint density at radius 3 is 2.67 bits per heavy atom. The van der Waals surface area contributed by atoms with Crippen LogP contribution >= 0.6 is 11.6 Å². The van der Waals surface area contributed by atoms with Gasteiger partial charge in [-0.1, -0.05) is 17.7 Å². The molecule has 36 heavy (non-hydrogen) atoms. The predicted molar refractivity (Wildman–Crippen MR) is 132 cm³/mol. The maximum atomic E-state index is 14.0. The smallest absolute Gasteiger partial charge is 0.418 e. The van der Waals surface area contributed by atoms with Gasteiger partial charge in [0.15, 0.2) is 5.75 Å². The van der Waals surface area contributed by atoms with Crippen LogP contribution in [0.2, 0.25) is 5.02 Å². The number of anilines is 3. The number of aryl methyl sites for hydroxylation is 1. The summed E-state index contributed by atoms with van der Waals surface area (Å²) >= 11 is 6.72. The van der Waals surface area contributed by atoms with Gasteiger partial charge in [0.25, 0.3) is 0 Å². The SMILES string of the molecule is Cc1cc(N)nc(-c2cc3ncnc4c3c(c2Cl)OCCN4[C@H](C)c2cccnc2N)c1C(F)(F)F. The third-order valence-corrected chi connectivity index (χ3v) is 6.59. The third kappa shape index (κ3) is 3.89. The highest BCUT2D eigenvalue weighted by Crippen LogP contribution is 2.48. The van der Waals surface area contributed by atoms with Gasteiger partial charge in [-0.3, -0.25) is 0 Å². The van der Waals surface area contributed by atoms with Crippen molar-refractivity contribution < 1.29 is 17.9 Å². The Morgan fingerprint density at radius 1 is 1.17 bits per heavy atom. The summed E-state index contributed by atoms with van der Waals surface area (Å²) in [6, 6.07) is 6.07. The van der Waals surface area contributed by atoms with Crippen LogP contribution in [0.15, 0.2) is 36.8 Å². The molecule has 0 bridgehead atoms. The van der Waals surface area contributed by atoms with Crippen LogP contribution in [0.25, 0.3) is 22.2 Å². The minimum absolute atomic E-state index is 0.0181. The average Bonchev–Trinajstić information content (AvgIpc) is 3.01. The highest BCUT2D eigenvalue weighted by atomic mass is 35.5. The number of nitrogens with two attached hydrogens (primary N) is 2. The lowest BCUT2D eigenvalue weighted by Gasteiger charge is -2.30. The minimum atomic E-state index is -4.68. The fraction of sp³-hybridized carbons (Fsp3) is 0.250. The Hall–Kier alpha value is -3.86. The van der Waals surface area contributed by atoms with E-state index in [-0.39, 0.29) is 46.1 Å². The molecule has 8 nitrogen and oxygen atoms in total. The normalized spacial score (nSPS) is 14.4. The minimum Gasteiger partial charge on any atom is -0.489 e. The summed E-state index contributed by atoms with van der Waals surface area (Å²) in [6.45, 7) is 3.88. The molecule has 1 atom stereocenters. The monoisotopic (exact) mass is 515 g/mol. The third-order valence-electron chi connectivity index (χ3n) is 6.22. The van der Waals surface area contributed by atoms with Crippen molar-refractivity contribution in [1.29, 1.82) is 0 Å². The quantitative estimate of drug-likeness (QED) is 0.383. The number of rotatable bonds is 3. The van der Waals surface area contributed by atoms with Gasteiger partial charge >= 0.3 is 6.18 Å². The van der Waals surface area contributed by atoms with Gasteiger partial charge in [-0.05, 0) is 37.6 Å². The molecule has 0 radical (unpaired) electrons. The second kappa shape index (κ2) is 8.66. The lowest BCUT2D eigenvalue weighted by Crippen LogP contribution is -2.31. The molecule has 4 aromatic rings. The van der Waals surface area contributed by atoms with Crippen molar-refractivity contribution in [2.45, 2.75) is 26.1 Å². The zero-order chi connectivity index (χ0) is 25.8. The molecule has 1 aromatic carbocycles. The molecule has 0 fully saturated rings. The second-order valence-corrected chi connectivity index (χ2v) is 8.82. The molecule has 0 saturated carbocycles. The number of halogens is 4. The molecule has 186 valence electrons. The van der Waals surface area contributed by atoms with Crippen molar-refractivity contribution >= 4 is 40.0 Å². The van der Waals surface area contributed by atoms with Gasteiger partial charge in [0, 0.05) is 17.3 Å². The van der Waals surface area contributed by atoms with Crippen LogP contribution in [0.4, 0.5) is 30.6 Å². The summed E-state index contributed by atoms with van der Waals surface area (Å²) in [7, 11) is 0. The largest absolute Gasteiger partial charge is 0.489 e. The molecule has 1 aliphatic heterocycles. The topological polar surface area (TPSA) is 116 Å². The Labute approximate surface area is 209 Å². The molecule has 4 heterocycles. The van der Waals surface area contributed by atoms with Crippen LogP contribution < -0.4 is 21.1 Å². The van der Waals surface area contributed by atoms with Crippen molar-refractivity contribution in [1.82, 2.24) is 19.9 Å². The first-order chi connectivity index (χ1) is 17.1. The zero-order valence-corrected chi connectivity index (χ0v) is 20.0. The number of nitrogen functional groups attached to an aromatic ring is 2. The van der Waals surface area contributed by atoms with Crippen LogP contribution in [-0.2, 0) is 6.18 Å². The zero-order valence-electron chi connectivity index (χ0n) is 19.3. The molecule has 12 heteroatoms. The van der Waals surface area contributed by atoms with Crippen molar-refractivity contribution in [3.05, 3.63) is 58.5 Å². The van der Waals surface area contributed by atoms with E-state index >= 15 is 0 Å². The summed E-state index contributed by atoms with van der Waals surface area (Å²) in [4.78, 5) is 19.0. The van der Waals surface area contributed by atoms with E-state index in [2.05, 4.69) is 19.9 Å². The van der Waals surface area contributed by atoms with Crippen molar-refractivity contribution in [2.75, 3.05) is 29.5 Å². The number of pyridine rings is 2. The highest BCUT2D eigenvalue weighted by Gasteiger charge is 2.38. The van der Waals surface area contributed by atoms with E-state index in [1.807, 2.05) is 17.9 Å². The van der Waals surface area contributed by atoms with E-state index in [1.165, 1.54) is 25.4 Å². The van der Waals surface area contributed by atoms with E-state index in [4.69, 9.17) is 27.8 Å². The number of hydrogen-bond acceptors (Lipinski definition) is 8. The fourth-order valence-electron chi connectivity index (χ4n) is 4.61. The van der Waals surface area contributed by atoms with Gasteiger partial charge in [-0.25, -0.2) is 19.9 Å². The van der Waals surface area contributed by atoms with E-state index in [0.29, 0.717) is 29.1 Å². The Kier molecular flexibility index (Phi) is 5.74. The maximum absolute atomic E-state index is 14.0. The summed E-state index contributed by atoms with van der Waals surface area (Å²) in [5, 5.41) is 0.448. The fourth-order valence-corrected chi connectivity index (χ4v) is 4.90. The molecular weight excluding hydrogens is 495 g/mol. The molecule has 0 unspecified atom stereocenters. The molecular formula is C24H21ClF3N7O. The van der Waals surface area contributed by atoms with Gasteiger partial charge in [0.1, 0.15) is 30.4 Å². The molecule has 0 saturated heterocycles. The molecule has 4 N–H and O–H groups in total. The predicted octanol–water partition coefficient (Wildman–Crippen LogP) is 5.19. The number of ether oxygens (including phenoxy) is 1. The number of alkyl halides is 3. The molecule has 5 rings (SSSR count). The van der Waals surface area contributed by atoms with Gasteiger partial charge in [-0.15, -0.1) is 0 Å². The summed E-state index contributed by atoms with van der Waals surface area (Å²) < 4.78 is 48.1.